The fourth-order valence-electron chi connectivity index (χ4n) is 6.93. The van der Waals surface area contributed by atoms with Gasteiger partial charge in [-0.3, -0.25) is 0 Å². The SMILES string of the molecule is Cc1c(-c2cccc(N3CCN(c4ccc(N[S+]([O-])c5ccc(NSc6cccc(F)c6)c(S(=O)(=O)C(F)(F)F)c5)cc4)CC3)c2)c(-c2ccc(F)cc2)n(C)c1C. The summed E-state index contributed by atoms with van der Waals surface area (Å²) in [6, 6.07) is 30.4. The molecule has 0 saturated carbocycles. The van der Waals surface area contributed by atoms with Gasteiger partial charge in [0.2, 0.25) is 0 Å². The van der Waals surface area contributed by atoms with E-state index < -0.39 is 43.1 Å². The van der Waals surface area contributed by atoms with Gasteiger partial charge in [0, 0.05) is 66.8 Å². The lowest BCUT2D eigenvalue weighted by molar-refractivity contribution is -0.0435. The van der Waals surface area contributed by atoms with Crippen LogP contribution < -0.4 is 19.2 Å². The summed E-state index contributed by atoms with van der Waals surface area (Å²) >= 11 is -1.40. The molecule has 1 fully saturated rings. The third-order valence-electron chi connectivity index (χ3n) is 10.2. The van der Waals surface area contributed by atoms with Gasteiger partial charge in [-0.2, -0.15) is 13.2 Å². The molecular formula is C42H38F5N5O3S3. The second-order valence-electron chi connectivity index (χ2n) is 13.7. The first-order chi connectivity index (χ1) is 27.6. The molecule has 1 aromatic heterocycles. The zero-order valence-electron chi connectivity index (χ0n) is 31.5. The Balaban J connectivity index is 1.02. The van der Waals surface area contributed by atoms with Crippen molar-refractivity contribution >= 4 is 55.9 Å². The number of alkyl halides is 3. The van der Waals surface area contributed by atoms with Gasteiger partial charge >= 0.3 is 5.51 Å². The molecule has 0 radical (unpaired) electrons. The number of halogens is 5. The van der Waals surface area contributed by atoms with E-state index in [0.29, 0.717) is 10.6 Å². The molecular weight excluding hydrogens is 814 g/mol. The minimum absolute atomic E-state index is 0.197. The van der Waals surface area contributed by atoms with Gasteiger partial charge in [0.15, 0.2) is 4.90 Å². The quantitative estimate of drug-likeness (QED) is 0.0757. The standard InChI is InChI=1S/C42H38F5N5O3S3/c1-27-28(2)50(3)41(29-10-12-31(43)13-11-29)40(27)30-6-4-8-35(24-30)52-22-20-51(21-23-52)34-16-14-33(15-17-34)49-57(53)37-18-19-38(39(26-37)58(54,55)42(45,46)47)48-56-36-9-5-7-32(44)25-36/h4-19,24-26,48-49H,20-23H2,1-3H3. The van der Waals surface area contributed by atoms with Gasteiger partial charge in [-0.15, -0.1) is 0 Å². The number of benzene rings is 5. The van der Waals surface area contributed by atoms with Crippen LogP contribution in [0.1, 0.15) is 11.3 Å². The molecule has 0 spiro atoms. The maximum Gasteiger partial charge on any atom is 0.501 e. The molecule has 58 heavy (non-hydrogen) atoms. The Kier molecular flexibility index (Phi) is 11.7. The molecule has 302 valence electrons. The van der Waals surface area contributed by atoms with Gasteiger partial charge in [0.25, 0.3) is 9.84 Å². The van der Waals surface area contributed by atoms with Crippen molar-refractivity contribution in [1.82, 2.24) is 4.57 Å². The molecule has 0 amide bonds. The summed E-state index contributed by atoms with van der Waals surface area (Å²) in [5, 5.41) is 0. The van der Waals surface area contributed by atoms with Crippen LogP contribution in [-0.4, -0.2) is 49.2 Å². The predicted molar refractivity (Wildman–Crippen MR) is 222 cm³/mol. The number of hydrogen-bond donors (Lipinski definition) is 2. The number of sulfone groups is 1. The van der Waals surface area contributed by atoms with Crippen LogP contribution >= 0.6 is 11.9 Å². The Hall–Kier alpha value is -5.16. The summed E-state index contributed by atoms with van der Waals surface area (Å²) in [5.74, 6) is -0.857. The molecule has 2 heterocycles. The van der Waals surface area contributed by atoms with E-state index >= 15 is 0 Å². The summed E-state index contributed by atoms with van der Waals surface area (Å²) < 4.78 is 114. The number of hydrogen-bond acceptors (Lipinski definition) is 8. The first-order valence-electron chi connectivity index (χ1n) is 18.0. The number of aromatic nitrogens is 1. The maximum atomic E-state index is 13.8. The smallest absolute Gasteiger partial charge is 0.501 e. The van der Waals surface area contributed by atoms with Gasteiger partial charge in [0.05, 0.1) is 17.1 Å². The average Bonchev–Trinajstić information content (AvgIpc) is 3.44. The molecule has 0 aliphatic carbocycles. The Morgan fingerprint density at radius 2 is 1.40 bits per heavy atom. The van der Waals surface area contributed by atoms with Gasteiger partial charge in [-0.1, -0.05) is 18.2 Å². The van der Waals surface area contributed by atoms with Gasteiger partial charge in [-0.25, -0.2) is 21.9 Å². The Labute approximate surface area is 341 Å². The summed E-state index contributed by atoms with van der Waals surface area (Å²) in [6.07, 6.45) is 0. The van der Waals surface area contributed by atoms with Crippen LogP contribution in [0.4, 0.5) is 44.7 Å². The Morgan fingerprint density at radius 3 is 2.05 bits per heavy atom. The topological polar surface area (TPSA) is 92.7 Å². The second kappa shape index (κ2) is 16.6. The van der Waals surface area contributed by atoms with Crippen LogP contribution in [0.25, 0.3) is 22.4 Å². The molecule has 6 aromatic rings. The molecule has 5 aromatic carbocycles. The van der Waals surface area contributed by atoms with E-state index in [0.717, 1.165) is 101 Å². The van der Waals surface area contributed by atoms with E-state index in [1.165, 1.54) is 36.4 Å². The predicted octanol–water partition coefficient (Wildman–Crippen LogP) is 10.1. The highest BCUT2D eigenvalue weighted by atomic mass is 32.2. The number of piperazine rings is 1. The fourth-order valence-corrected chi connectivity index (χ4v) is 9.61. The number of rotatable bonds is 11. The van der Waals surface area contributed by atoms with Crippen molar-refractivity contribution < 1.29 is 34.9 Å². The van der Waals surface area contributed by atoms with Crippen LogP contribution in [-0.2, 0) is 28.2 Å². The molecule has 0 bridgehead atoms. The van der Waals surface area contributed by atoms with Crippen molar-refractivity contribution in [3.63, 3.8) is 0 Å². The van der Waals surface area contributed by atoms with Crippen LogP contribution in [0, 0.1) is 25.5 Å². The van der Waals surface area contributed by atoms with Crippen molar-refractivity contribution in [2.75, 3.05) is 45.4 Å². The van der Waals surface area contributed by atoms with Gasteiger partial charge in [0.1, 0.15) is 27.9 Å². The molecule has 1 aliphatic heterocycles. The molecule has 1 aliphatic rings. The van der Waals surface area contributed by atoms with Crippen LogP contribution in [0.2, 0.25) is 0 Å². The van der Waals surface area contributed by atoms with Crippen molar-refractivity contribution in [1.29, 1.82) is 0 Å². The van der Waals surface area contributed by atoms with E-state index in [1.54, 1.807) is 24.3 Å². The van der Waals surface area contributed by atoms with Crippen molar-refractivity contribution in [3.05, 3.63) is 138 Å². The van der Waals surface area contributed by atoms with Gasteiger partial charge < -0.3 is 23.6 Å². The summed E-state index contributed by atoms with van der Waals surface area (Å²) in [7, 11) is -3.83. The monoisotopic (exact) mass is 851 g/mol. The second-order valence-corrected chi connectivity index (χ2v) is 17.7. The number of nitrogens with zero attached hydrogens (tertiary/aromatic N) is 3. The normalized spacial score (nSPS) is 14.1. The van der Waals surface area contributed by atoms with Crippen molar-refractivity contribution in [2.45, 2.75) is 34.0 Å². The van der Waals surface area contributed by atoms with Crippen molar-refractivity contribution in [3.8, 4) is 22.4 Å². The van der Waals surface area contributed by atoms with E-state index in [9.17, 15) is 34.9 Å². The van der Waals surface area contributed by atoms with Gasteiger partial charge in [-0.05, 0) is 133 Å². The largest absolute Gasteiger partial charge is 0.588 e. The third kappa shape index (κ3) is 8.51. The summed E-state index contributed by atoms with van der Waals surface area (Å²) in [4.78, 5) is 3.54. The number of nitrogens with one attached hydrogen (secondary N) is 2. The lowest BCUT2D eigenvalue weighted by Gasteiger charge is -2.37. The lowest BCUT2D eigenvalue weighted by Crippen LogP contribution is -2.46. The first kappa shape index (κ1) is 41.0. The van der Waals surface area contributed by atoms with Crippen LogP contribution in [0.5, 0.6) is 0 Å². The Bertz CT molecular complexity index is 2540. The van der Waals surface area contributed by atoms with Crippen LogP contribution in [0.15, 0.2) is 130 Å². The molecule has 1 saturated heterocycles. The molecule has 1 unspecified atom stereocenters. The molecule has 2 N–H and O–H groups in total. The number of anilines is 4. The maximum absolute atomic E-state index is 13.8. The fraction of sp³-hybridized carbons (Fsp3) is 0.190. The highest BCUT2D eigenvalue weighted by Gasteiger charge is 2.48. The van der Waals surface area contributed by atoms with E-state index in [2.05, 4.69) is 61.9 Å². The first-order valence-corrected chi connectivity index (χ1v) is 21.5. The Morgan fingerprint density at radius 1 is 0.741 bits per heavy atom. The highest BCUT2D eigenvalue weighted by Crippen LogP contribution is 2.40. The molecule has 7 rings (SSSR count). The minimum Gasteiger partial charge on any atom is -0.588 e. The average molecular weight is 852 g/mol. The third-order valence-corrected chi connectivity index (χ3v) is 13.6. The minimum atomic E-state index is -5.85. The lowest BCUT2D eigenvalue weighted by atomic mass is 9.97. The molecule has 1 atom stereocenters. The zero-order valence-corrected chi connectivity index (χ0v) is 33.9. The molecule has 8 nitrogen and oxygen atoms in total. The molecule has 16 heteroatoms. The summed E-state index contributed by atoms with van der Waals surface area (Å²) in [6.45, 7) is 7.14. The van der Waals surface area contributed by atoms with E-state index in [-0.39, 0.29) is 10.7 Å². The van der Waals surface area contributed by atoms with E-state index in [1.807, 2.05) is 19.2 Å². The van der Waals surface area contributed by atoms with E-state index in [4.69, 9.17) is 0 Å². The highest BCUT2D eigenvalue weighted by molar-refractivity contribution is 8.00. The summed E-state index contributed by atoms with van der Waals surface area (Å²) in [5.41, 5.74) is 2.85. The van der Waals surface area contributed by atoms with Crippen LogP contribution in [0.3, 0.4) is 0 Å². The van der Waals surface area contributed by atoms with Crippen molar-refractivity contribution in [2.24, 2.45) is 7.05 Å². The zero-order chi connectivity index (χ0) is 41.4.